The van der Waals surface area contributed by atoms with Crippen LogP contribution in [-0.2, 0) is 6.54 Å². The number of pyridine rings is 1. The predicted molar refractivity (Wildman–Crippen MR) is 46.5 cm³/mol. The maximum Gasteiger partial charge on any atom is 0.574 e. The number of hydrogen-bond donors (Lipinski definition) is 1. The molecule has 84 valence electrons. The van der Waals surface area contributed by atoms with Crippen molar-refractivity contribution >= 4 is 15.9 Å². The smallest absolute Gasteiger partial charge is 0.385 e. The molecule has 0 spiro atoms. The Morgan fingerprint density at radius 3 is 2.53 bits per heavy atom. The second-order valence-electron chi connectivity index (χ2n) is 2.48. The number of aromatic nitrogens is 1. The molecule has 1 heterocycles. The van der Waals surface area contributed by atoms with E-state index in [0.29, 0.717) is 0 Å². The Bertz CT molecular complexity index is 369. The highest BCUT2D eigenvalue weighted by atomic mass is 79.9. The Hall–Kier alpha value is -0.890. The van der Waals surface area contributed by atoms with Gasteiger partial charge in [0, 0.05) is 12.1 Å². The summed E-state index contributed by atoms with van der Waals surface area (Å²) in [6.07, 6.45) is -4.99. The lowest BCUT2D eigenvalue weighted by molar-refractivity contribution is -0.277. The number of nitrogens with two attached hydrogens (primary N) is 1. The molecular weight excluding hydrogens is 284 g/mol. The topological polar surface area (TPSA) is 48.1 Å². The highest BCUT2D eigenvalue weighted by Crippen LogP contribution is 2.27. The molecule has 0 unspecified atom stereocenters. The average Bonchev–Trinajstić information content (AvgIpc) is 2.08. The molecule has 0 saturated heterocycles. The molecule has 1 aromatic rings. The first kappa shape index (κ1) is 12.2. The van der Waals surface area contributed by atoms with Crippen LogP contribution in [0.25, 0.3) is 0 Å². The van der Waals surface area contributed by atoms with Gasteiger partial charge < -0.3 is 10.5 Å². The van der Waals surface area contributed by atoms with Gasteiger partial charge in [0.05, 0.1) is 0 Å². The fourth-order valence-corrected chi connectivity index (χ4v) is 1.29. The number of halogens is 5. The molecule has 2 N–H and O–H groups in total. The van der Waals surface area contributed by atoms with E-state index in [1.54, 1.807) is 0 Å². The fraction of sp³-hybridized carbons (Fsp3) is 0.286. The minimum Gasteiger partial charge on any atom is -0.385 e. The molecule has 0 aliphatic heterocycles. The van der Waals surface area contributed by atoms with E-state index in [1.807, 2.05) is 0 Å². The SMILES string of the molecule is NCc1cc(Br)nc(OC(F)(F)F)c1F. The Labute approximate surface area is 90.4 Å². The fourth-order valence-electron chi connectivity index (χ4n) is 0.849. The molecule has 3 nitrogen and oxygen atoms in total. The monoisotopic (exact) mass is 288 g/mol. The van der Waals surface area contributed by atoms with Crippen LogP contribution in [0.5, 0.6) is 5.88 Å². The first-order chi connectivity index (χ1) is 6.83. The average molecular weight is 289 g/mol. The van der Waals surface area contributed by atoms with Crippen molar-refractivity contribution in [3.05, 3.63) is 22.1 Å². The second kappa shape index (κ2) is 4.31. The summed E-state index contributed by atoms with van der Waals surface area (Å²) in [5, 5.41) is 0. The zero-order valence-electron chi connectivity index (χ0n) is 7.11. The third-order valence-corrected chi connectivity index (χ3v) is 1.81. The molecule has 0 bridgehead atoms. The minimum atomic E-state index is -4.99. The minimum absolute atomic E-state index is 0.0172. The lowest BCUT2D eigenvalue weighted by Crippen LogP contribution is -2.19. The van der Waals surface area contributed by atoms with Crippen molar-refractivity contribution in [2.24, 2.45) is 5.73 Å². The molecule has 0 aliphatic carbocycles. The maximum absolute atomic E-state index is 13.2. The van der Waals surface area contributed by atoms with Gasteiger partial charge in [-0.15, -0.1) is 13.2 Å². The van der Waals surface area contributed by atoms with Crippen LogP contribution in [0.15, 0.2) is 10.7 Å². The van der Waals surface area contributed by atoms with Gasteiger partial charge in [0.15, 0.2) is 5.82 Å². The van der Waals surface area contributed by atoms with Crippen LogP contribution in [0.4, 0.5) is 17.6 Å². The van der Waals surface area contributed by atoms with Gasteiger partial charge in [-0.05, 0) is 22.0 Å². The highest BCUT2D eigenvalue weighted by molar-refractivity contribution is 9.10. The Balaban J connectivity index is 3.12. The number of nitrogens with zero attached hydrogens (tertiary/aromatic N) is 1. The van der Waals surface area contributed by atoms with Gasteiger partial charge >= 0.3 is 6.36 Å². The molecule has 1 rings (SSSR count). The van der Waals surface area contributed by atoms with Gasteiger partial charge in [-0.1, -0.05) is 0 Å². The van der Waals surface area contributed by atoms with Gasteiger partial charge in [-0.25, -0.2) is 9.37 Å². The first-order valence-corrected chi connectivity index (χ1v) is 4.43. The Kier molecular flexibility index (Phi) is 3.50. The van der Waals surface area contributed by atoms with E-state index in [-0.39, 0.29) is 16.7 Å². The van der Waals surface area contributed by atoms with E-state index < -0.39 is 18.1 Å². The predicted octanol–water partition coefficient (Wildman–Crippen LogP) is 2.34. The molecule has 15 heavy (non-hydrogen) atoms. The summed E-state index contributed by atoms with van der Waals surface area (Å²) < 4.78 is 52.0. The van der Waals surface area contributed by atoms with Gasteiger partial charge in [-0.2, -0.15) is 0 Å². The molecule has 1 aromatic heterocycles. The molecule has 0 atom stereocenters. The summed E-state index contributed by atoms with van der Waals surface area (Å²) in [5.74, 6) is -2.35. The highest BCUT2D eigenvalue weighted by Gasteiger charge is 2.33. The number of hydrogen-bond acceptors (Lipinski definition) is 3. The Morgan fingerprint density at radius 2 is 2.07 bits per heavy atom. The third-order valence-electron chi connectivity index (χ3n) is 1.40. The van der Waals surface area contributed by atoms with Crippen molar-refractivity contribution in [3.63, 3.8) is 0 Å². The molecule has 0 fully saturated rings. The van der Waals surface area contributed by atoms with Crippen LogP contribution >= 0.6 is 15.9 Å². The van der Waals surface area contributed by atoms with Gasteiger partial charge in [-0.3, -0.25) is 0 Å². The van der Waals surface area contributed by atoms with Crippen molar-refractivity contribution in [2.45, 2.75) is 12.9 Å². The quantitative estimate of drug-likeness (QED) is 0.671. The van der Waals surface area contributed by atoms with Crippen LogP contribution in [0.1, 0.15) is 5.56 Å². The van der Waals surface area contributed by atoms with Crippen LogP contribution in [0, 0.1) is 5.82 Å². The van der Waals surface area contributed by atoms with E-state index in [1.165, 1.54) is 6.07 Å². The standard InChI is InChI=1S/C7H5BrF4N2O/c8-4-1-3(2-13)5(9)6(14-4)15-7(10,11)12/h1H,2,13H2. The number of alkyl halides is 3. The molecular formula is C7H5BrF4N2O. The van der Waals surface area contributed by atoms with Crippen molar-refractivity contribution in [3.8, 4) is 5.88 Å². The zero-order valence-corrected chi connectivity index (χ0v) is 8.69. The lowest BCUT2D eigenvalue weighted by atomic mass is 10.2. The summed E-state index contributed by atoms with van der Waals surface area (Å²) in [4.78, 5) is 3.21. The van der Waals surface area contributed by atoms with Crippen molar-refractivity contribution < 1.29 is 22.3 Å². The first-order valence-electron chi connectivity index (χ1n) is 3.64. The molecule has 0 aliphatic rings. The molecule has 0 amide bonds. The second-order valence-corrected chi connectivity index (χ2v) is 3.29. The van der Waals surface area contributed by atoms with Crippen LogP contribution in [0.3, 0.4) is 0 Å². The van der Waals surface area contributed by atoms with E-state index in [2.05, 4.69) is 25.7 Å². The van der Waals surface area contributed by atoms with Crippen LogP contribution in [0.2, 0.25) is 0 Å². The summed E-state index contributed by atoms with van der Waals surface area (Å²) in [5.41, 5.74) is 5.01. The van der Waals surface area contributed by atoms with Crippen LogP contribution in [-0.4, -0.2) is 11.3 Å². The summed E-state index contributed by atoms with van der Waals surface area (Å²) in [6, 6.07) is 1.18. The maximum atomic E-state index is 13.2. The molecule has 0 radical (unpaired) electrons. The zero-order chi connectivity index (χ0) is 11.6. The van der Waals surface area contributed by atoms with Crippen molar-refractivity contribution in [1.82, 2.24) is 4.98 Å². The van der Waals surface area contributed by atoms with Crippen molar-refractivity contribution in [2.75, 3.05) is 0 Å². The van der Waals surface area contributed by atoms with E-state index in [9.17, 15) is 17.6 Å². The Morgan fingerprint density at radius 1 is 1.47 bits per heavy atom. The molecule has 0 saturated carbocycles. The van der Waals surface area contributed by atoms with Gasteiger partial charge in [0.1, 0.15) is 4.60 Å². The summed E-state index contributed by atoms with van der Waals surface area (Å²) in [6.45, 7) is -0.249. The number of ether oxygens (including phenoxy) is 1. The normalized spacial score (nSPS) is 11.6. The largest absolute Gasteiger partial charge is 0.574 e. The third kappa shape index (κ3) is 3.31. The van der Waals surface area contributed by atoms with E-state index in [0.717, 1.165) is 0 Å². The molecule has 0 aromatic carbocycles. The van der Waals surface area contributed by atoms with Crippen LogP contribution < -0.4 is 10.5 Å². The summed E-state index contributed by atoms with van der Waals surface area (Å²) in [7, 11) is 0. The van der Waals surface area contributed by atoms with Gasteiger partial charge in [0.25, 0.3) is 5.88 Å². The van der Waals surface area contributed by atoms with E-state index in [4.69, 9.17) is 5.73 Å². The summed E-state index contributed by atoms with van der Waals surface area (Å²) >= 11 is 2.81. The van der Waals surface area contributed by atoms with Crippen molar-refractivity contribution in [1.29, 1.82) is 0 Å². The number of rotatable bonds is 2. The lowest BCUT2D eigenvalue weighted by Gasteiger charge is -2.10. The van der Waals surface area contributed by atoms with E-state index >= 15 is 0 Å². The van der Waals surface area contributed by atoms with Gasteiger partial charge in [0.2, 0.25) is 0 Å². The molecule has 8 heteroatoms.